The van der Waals surface area contributed by atoms with Crippen LogP contribution >= 0.6 is 11.3 Å². The summed E-state index contributed by atoms with van der Waals surface area (Å²) in [4.78, 5) is 35.9. The van der Waals surface area contributed by atoms with Gasteiger partial charge >= 0.3 is 5.97 Å². The van der Waals surface area contributed by atoms with Crippen LogP contribution in [0.4, 0.5) is 16.5 Å². The van der Waals surface area contributed by atoms with E-state index < -0.39 is 0 Å². The molecule has 2 N–H and O–H groups in total. The van der Waals surface area contributed by atoms with Crippen molar-refractivity contribution in [2.24, 2.45) is 0 Å². The van der Waals surface area contributed by atoms with Crippen molar-refractivity contribution in [2.45, 2.75) is 13.8 Å². The van der Waals surface area contributed by atoms with E-state index >= 15 is 0 Å². The standard InChI is InChI=1S/C28H29N5O3S/c1-4-33(3)15-16-36-27(35)21-7-9-23(10-8-21)30-26(34)22-6-5-19(2)24(17-22)31-28-32-25(18-37-28)20-11-13-29-14-12-20/h5-14,17-18H,4,15-16H2,1-3H3,(H,30,34)(H,31,32). The molecule has 0 atom stereocenters. The third-order valence-corrected chi connectivity index (χ3v) is 6.60. The zero-order chi connectivity index (χ0) is 26.2. The Hall–Kier alpha value is -4.08. The number of carbonyl (C=O) groups excluding carboxylic acids is 2. The van der Waals surface area contributed by atoms with Crippen molar-refractivity contribution in [3.05, 3.63) is 89.1 Å². The molecule has 190 valence electrons. The smallest absolute Gasteiger partial charge is 0.338 e. The van der Waals surface area contributed by atoms with Gasteiger partial charge in [0.2, 0.25) is 0 Å². The molecule has 8 nitrogen and oxygen atoms in total. The van der Waals surface area contributed by atoms with Gasteiger partial charge in [-0.25, -0.2) is 9.78 Å². The number of thiazole rings is 1. The highest BCUT2D eigenvalue weighted by atomic mass is 32.1. The minimum absolute atomic E-state index is 0.252. The van der Waals surface area contributed by atoms with Gasteiger partial charge in [-0.2, -0.15) is 0 Å². The fourth-order valence-corrected chi connectivity index (χ4v) is 4.16. The highest BCUT2D eigenvalue weighted by Crippen LogP contribution is 2.28. The minimum atomic E-state index is -0.383. The van der Waals surface area contributed by atoms with Crippen molar-refractivity contribution in [3.63, 3.8) is 0 Å². The molecule has 0 aliphatic rings. The molecule has 0 spiro atoms. The van der Waals surface area contributed by atoms with Crippen molar-refractivity contribution in [3.8, 4) is 11.3 Å². The molecule has 4 aromatic rings. The summed E-state index contributed by atoms with van der Waals surface area (Å²) in [6.45, 7) is 5.92. The molecule has 0 saturated carbocycles. The zero-order valence-corrected chi connectivity index (χ0v) is 21.8. The van der Waals surface area contributed by atoms with E-state index in [1.165, 1.54) is 11.3 Å². The number of esters is 1. The van der Waals surface area contributed by atoms with Gasteiger partial charge in [-0.1, -0.05) is 13.0 Å². The van der Waals surface area contributed by atoms with Gasteiger partial charge in [-0.15, -0.1) is 11.3 Å². The van der Waals surface area contributed by atoms with Crippen LogP contribution in [0.3, 0.4) is 0 Å². The van der Waals surface area contributed by atoms with Gasteiger partial charge in [-0.3, -0.25) is 9.78 Å². The molecule has 4 rings (SSSR count). The molecular weight excluding hydrogens is 486 g/mol. The van der Waals surface area contributed by atoms with Crippen molar-refractivity contribution >= 4 is 39.7 Å². The highest BCUT2D eigenvalue weighted by Gasteiger charge is 2.12. The molecule has 0 aliphatic heterocycles. The number of ether oxygens (including phenoxy) is 1. The summed E-state index contributed by atoms with van der Waals surface area (Å²) in [6, 6.07) is 16.0. The van der Waals surface area contributed by atoms with Gasteiger partial charge in [0.15, 0.2) is 5.13 Å². The number of hydrogen-bond acceptors (Lipinski definition) is 8. The number of benzene rings is 2. The Morgan fingerprint density at radius 3 is 2.49 bits per heavy atom. The van der Waals surface area contributed by atoms with E-state index in [9.17, 15) is 9.59 Å². The number of rotatable bonds is 10. The van der Waals surface area contributed by atoms with Crippen LogP contribution in [0, 0.1) is 6.92 Å². The van der Waals surface area contributed by atoms with E-state index in [0.29, 0.717) is 30.0 Å². The van der Waals surface area contributed by atoms with Crippen molar-refractivity contribution in [1.82, 2.24) is 14.9 Å². The second kappa shape index (κ2) is 12.2. The van der Waals surface area contributed by atoms with Crippen molar-refractivity contribution in [1.29, 1.82) is 0 Å². The van der Waals surface area contributed by atoms with E-state index in [4.69, 9.17) is 4.74 Å². The Labute approximate surface area is 220 Å². The third kappa shape index (κ3) is 6.99. The lowest BCUT2D eigenvalue weighted by Gasteiger charge is -2.13. The molecule has 0 fully saturated rings. The predicted molar refractivity (Wildman–Crippen MR) is 148 cm³/mol. The SMILES string of the molecule is CCN(C)CCOC(=O)c1ccc(NC(=O)c2ccc(C)c(Nc3nc(-c4ccncc4)cs3)c2)cc1. The molecule has 0 unspecified atom stereocenters. The van der Waals surface area contributed by atoms with Gasteiger partial charge < -0.3 is 20.3 Å². The van der Waals surface area contributed by atoms with Crippen LogP contribution in [-0.4, -0.2) is 53.5 Å². The van der Waals surface area contributed by atoms with Crippen LogP contribution < -0.4 is 10.6 Å². The fraction of sp³-hybridized carbons (Fsp3) is 0.214. The van der Waals surface area contributed by atoms with Crippen molar-refractivity contribution in [2.75, 3.05) is 37.4 Å². The molecule has 1 amide bonds. The molecule has 2 aromatic heterocycles. The minimum Gasteiger partial charge on any atom is -0.461 e. The predicted octanol–water partition coefficient (Wildman–Crippen LogP) is 5.62. The summed E-state index contributed by atoms with van der Waals surface area (Å²) >= 11 is 1.49. The number of aromatic nitrogens is 2. The quantitative estimate of drug-likeness (QED) is 0.265. The average Bonchev–Trinajstić information content (AvgIpc) is 3.39. The molecule has 9 heteroatoms. The van der Waals surface area contributed by atoms with Crippen LogP contribution in [0.5, 0.6) is 0 Å². The van der Waals surface area contributed by atoms with Crippen LogP contribution in [0.1, 0.15) is 33.2 Å². The maximum Gasteiger partial charge on any atom is 0.338 e. The first-order valence-electron chi connectivity index (χ1n) is 11.9. The second-order valence-electron chi connectivity index (χ2n) is 8.49. The van der Waals surface area contributed by atoms with Crippen molar-refractivity contribution < 1.29 is 14.3 Å². The molecule has 2 aromatic carbocycles. The summed E-state index contributed by atoms with van der Waals surface area (Å²) in [6.07, 6.45) is 3.47. The van der Waals surface area contributed by atoms with Crippen LogP contribution in [0.15, 0.2) is 72.4 Å². The largest absolute Gasteiger partial charge is 0.461 e. The first-order valence-corrected chi connectivity index (χ1v) is 12.8. The van der Waals surface area contributed by atoms with Gasteiger partial charge in [0, 0.05) is 46.8 Å². The summed E-state index contributed by atoms with van der Waals surface area (Å²) < 4.78 is 5.31. The van der Waals surface area contributed by atoms with Gasteiger partial charge in [0.25, 0.3) is 5.91 Å². The summed E-state index contributed by atoms with van der Waals surface area (Å²) in [5.41, 5.74) is 5.18. The number of pyridine rings is 1. The molecule has 0 radical (unpaired) electrons. The summed E-state index contributed by atoms with van der Waals surface area (Å²) in [5.74, 6) is -0.636. The zero-order valence-electron chi connectivity index (χ0n) is 21.0. The number of carbonyl (C=O) groups is 2. The Morgan fingerprint density at radius 1 is 1.03 bits per heavy atom. The maximum absolute atomic E-state index is 12.9. The van der Waals surface area contributed by atoms with E-state index in [0.717, 1.165) is 34.2 Å². The number of aryl methyl sites for hydroxylation is 1. The van der Waals surface area contributed by atoms with E-state index in [1.807, 2.05) is 44.5 Å². The van der Waals surface area contributed by atoms with Gasteiger partial charge in [0.05, 0.1) is 11.3 Å². The summed E-state index contributed by atoms with van der Waals surface area (Å²) in [5, 5.41) is 8.92. The Kier molecular flexibility index (Phi) is 8.60. The first-order chi connectivity index (χ1) is 17.9. The van der Waals surface area contributed by atoms with Gasteiger partial charge in [-0.05, 0) is 74.6 Å². The summed E-state index contributed by atoms with van der Waals surface area (Å²) in [7, 11) is 1.97. The lowest BCUT2D eigenvalue weighted by Crippen LogP contribution is -2.24. The Bertz CT molecular complexity index is 1360. The lowest BCUT2D eigenvalue weighted by molar-refractivity contribution is 0.0475. The van der Waals surface area contributed by atoms with Crippen LogP contribution in [-0.2, 0) is 4.74 Å². The monoisotopic (exact) mass is 515 g/mol. The number of amides is 1. The second-order valence-corrected chi connectivity index (χ2v) is 9.35. The molecule has 0 bridgehead atoms. The topological polar surface area (TPSA) is 96.5 Å². The highest BCUT2D eigenvalue weighted by molar-refractivity contribution is 7.14. The van der Waals surface area contributed by atoms with Gasteiger partial charge in [0.1, 0.15) is 6.61 Å². The third-order valence-electron chi connectivity index (χ3n) is 5.85. The molecular formula is C28H29N5O3S. The maximum atomic E-state index is 12.9. The molecule has 0 saturated heterocycles. The fourth-order valence-electron chi connectivity index (χ4n) is 3.43. The number of nitrogens with one attached hydrogen (secondary N) is 2. The number of hydrogen-bond donors (Lipinski definition) is 2. The molecule has 0 aliphatic carbocycles. The van der Waals surface area contributed by atoms with Crippen LogP contribution in [0.25, 0.3) is 11.3 Å². The first kappa shape index (κ1) is 26.0. The molecule has 2 heterocycles. The molecule has 37 heavy (non-hydrogen) atoms. The van der Waals surface area contributed by atoms with E-state index in [2.05, 4.69) is 25.5 Å². The van der Waals surface area contributed by atoms with Crippen LogP contribution in [0.2, 0.25) is 0 Å². The number of anilines is 3. The van der Waals surface area contributed by atoms with E-state index in [-0.39, 0.29) is 11.9 Å². The Balaban J connectivity index is 1.38. The number of nitrogens with zero attached hydrogens (tertiary/aromatic N) is 3. The lowest BCUT2D eigenvalue weighted by atomic mass is 10.1. The Morgan fingerprint density at radius 2 is 1.76 bits per heavy atom. The number of likely N-dealkylation sites (N-methyl/N-ethyl adjacent to an activating group) is 1. The van der Waals surface area contributed by atoms with E-state index in [1.54, 1.807) is 48.8 Å². The normalized spacial score (nSPS) is 10.8. The average molecular weight is 516 g/mol.